The van der Waals surface area contributed by atoms with Crippen molar-refractivity contribution in [2.24, 2.45) is 5.92 Å². The van der Waals surface area contributed by atoms with Crippen molar-refractivity contribution in [2.45, 2.75) is 25.8 Å². The van der Waals surface area contributed by atoms with Crippen LogP contribution in [0.4, 0.5) is 0 Å². The highest BCUT2D eigenvalue weighted by Gasteiger charge is 2.09. The minimum Gasteiger partial charge on any atom is -0.396 e. The Hall–Kier alpha value is -0.320. The zero-order valence-electron chi connectivity index (χ0n) is 9.12. The maximum absolute atomic E-state index is 8.92. The number of halogens is 1. The monoisotopic (exact) mass is 246 g/mol. The Bertz CT molecular complexity index is 346. The van der Waals surface area contributed by atoms with Crippen LogP contribution in [0, 0.1) is 19.8 Å². The van der Waals surface area contributed by atoms with E-state index in [0.717, 1.165) is 16.3 Å². The van der Waals surface area contributed by atoms with Crippen LogP contribution in [0.1, 0.15) is 18.3 Å². The van der Waals surface area contributed by atoms with Gasteiger partial charge in [-0.3, -0.25) is 0 Å². The minimum absolute atomic E-state index is 0.198. The lowest BCUT2D eigenvalue weighted by Crippen LogP contribution is -2.04. The molecule has 0 aliphatic heterocycles. The minimum atomic E-state index is 0.198. The van der Waals surface area contributed by atoms with Crippen molar-refractivity contribution < 1.29 is 5.11 Å². The van der Waals surface area contributed by atoms with Crippen molar-refractivity contribution >= 4 is 23.4 Å². The fraction of sp³-hybridized carbons (Fsp3) is 0.600. The van der Waals surface area contributed by atoms with Gasteiger partial charge in [-0.2, -0.15) is 0 Å². The molecule has 3 nitrogen and oxygen atoms in total. The molecule has 1 atom stereocenters. The predicted octanol–water partition coefficient (Wildman–Crippen LogP) is 2.47. The topological polar surface area (TPSA) is 46.0 Å². The molecule has 0 bridgehead atoms. The van der Waals surface area contributed by atoms with E-state index in [1.807, 2.05) is 20.8 Å². The Morgan fingerprint density at radius 3 is 2.67 bits per heavy atom. The van der Waals surface area contributed by atoms with Gasteiger partial charge in [-0.1, -0.05) is 18.5 Å². The standard InChI is InChI=1S/C10H15ClN2OS/c1-6(4-14)5-15-10-7(2)9(11)12-8(3)13-10/h6,14H,4-5H2,1-3H3. The van der Waals surface area contributed by atoms with E-state index in [1.165, 1.54) is 0 Å². The molecule has 0 aliphatic rings. The number of thioether (sulfide) groups is 1. The molecule has 0 fully saturated rings. The fourth-order valence-electron chi connectivity index (χ4n) is 0.984. The van der Waals surface area contributed by atoms with E-state index in [9.17, 15) is 0 Å². The summed E-state index contributed by atoms with van der Waals surface area (Å²) in [6.07, 6.45) is 0. The van der Waals surface area contributed by atoms with Crippen molar-refractivity contribution in [3.8, 4) is 0 Å². The molecule has 0 radical (unpaired) electrons. The third kappa shape index (κ3) is 3.63. The van der Waals surface area contributed by atoms with E-state index in [-0.39, 0.29) is 12.5 Å². The van der Waals surface area contributed by atoms with Gasteiger partial charge in [-0.05, 0) is 19.8 Å². The van der Waals surface area contributed by atoms with E-state index in [4.69, 9.17) is 16.7 Å². The van der Waals surface area contributed by atoms with Crippen molar-refractivity contribution in [3.05, 3.63) is 16.5 Å². The Morgan fingerprint density at radius 2 is 2.07 bits per heavy atom. The molecular formula is C10H15ClN2OS. The zero-order valence-corrected chi connectivity index (χ0v) is 10.7. The molecule has 0 aromatic carbocycles. The van der Waals surface area contributed by atoms with Crippen LogP contribution in [-0.4, -0.2) is 27.4 Å². The Labute approximate surface area is 99.3 Å². The number of aromatic nitrogens is 2. The number of nitrogens with zero attached hydrogens (tertiary/aromatic N) is 2. The Morgan fingerprint density at radius 1 is 1.40 bits per heavy atom. The van der Waals surface area contributed by atoms with Gasteiger partial charge in [0, 0.05) is 17.9 Å². The van der Waals surface area contributed by atoms with Gasteiger partial charge in [0.25, 0.3) is 0 Å². The van der Waals surface area contributed by atoms with Gasteiger partial charge in [-0.25, -0.2) is 9.97 Å². The summed E-state index contributed by atoms with van der Waals surface area (Å²) in [7, 11) is 0. The average Bonchev–Trinajstić information content (AvgIpc) is 2.20. The molecular weight excluding hydrogens is 232 g/mol. The number of aliphatic hydroxyl groups excluding tert-OH is 1. The highest BCUT2D eigenvalue weighted by molar-refractivity contribution is 7.99. The summed E-state index contributed by atoms with van der Waals surface area (Å²) in [5.41, 5.74) is 0.914. The largest absolute Gasteiger partial charge is 0.396 e. The van der Waals surface area contributed by atoms with Crippen LogP contribution >= 0.6 is 23.4 Å². The summed E-state index contributed by atoms with van der Waals surface area (Å²) in [5.74, 6) is 1.79. The van der Waals surface area contributed by atoms with Gasteiger partial charge in [0.2, 0.25) is 0 Å². The third-order valence-electron chi connectivity index (χ3n) is 1.97. The van der Waals surface area contributed by atoms with E-state index in [2.05, 4.69) is 9.97 Å². The maximum Gasteiger partial charge on any atom is 0.136 e. The summed E-state index contributed by atoms with van der Waals surface area (Å²) in [5, 5.41) is 10.3. The first-order valence-electron chi connectivity index (χ1n) is 4.79. The molecule has 0 saturated carbocycles. The first kappa shape index (κ1) is 12.7. The Balaban J connectivity index is 2.76. The van der Waals surface area contributed by atoms with Crippen LogP contribution < -0.4 is 0 Å². The van der Waals surface area contributed by atoms with Crippen LogP contribution in [0.25, 0.3) is 0 Å². The molecule has 1 rings (SSSR count). The van der Waals surface area contributed by atoms with Crippen LogP contribution in [0.15, 0.2) is 5.03 Å². The van der Waals surface area contributed by atoms with Crippen molar-refractivity contribution in [3.63, 3.8) is 0 Å². The van der Waals surface area contributed by atoms with Crippen LogP contribution in [0.5, 0.6) is 0 Å². The second-order valence-corrected chi connectivity index (χ2v) is 4.96. The van der Waals surface area contributed by atoms with Crippen molar-refractivity contribution in [2.75, 3.05) is 12.4 Å². The van der Waals surface area contributed by atoms with E-state index < -0.39 is 0 Å². The van der Waals surface area contributed by atoms with Gasteiger partial charge in [0.15, 0.2) is 0 Å². The van der Waals surface area contributed by atoms with Gasteiger partial charge >= 0.3 is 0 Å². The highest BCUT2D eigenvalue weighted by Crippen LogP contribution is 2.26. The molecule has 1 aromatic rings. The average molecular weight is 247 g/mol. The van der Waals surface area contributed by atoms with Crippen molar-refractivity contribution in [1.29, 1.82) is 0 Å². The maximum atomic E-state index is 8.92. The molecule has 1 aromatic heterocycles. The van der Waals surface area contributed by atoms with Gasteiger partial charge < -0.3 is 5.11 Å². The molecule has 0 amide bonds. The fourth-order valence-corrected chi connectivity index (χ4v) is 2.31. The molecule has 15 heavy (non-hydrogen) atoms. The molecule has 1 heterocycles. The van der Waals surface area contributed by atoms with Gasteiger partial charge in [-0.15, -0.1) is 11.8 Å². The molecule has 0 aliphatic carbocycles. The van der Waals surface area contributed by atoms with Crippen molar-refractivity contribution in [1.82, 2.24) is 9.97 Å². The van der Waals surface area contributed by atoms with E-state index >= 15 is 0 Å². The molecule has 0 spiro atoms. The molecule has 1 unspecified atom stereocenters. The number of hydrogen-bond donors (Lipinski definition) is 1. The lowest BCUT2D eigenvalue weighted by Gasteiger charge is -2.09. The van der Waals surface area contributed by atoms with Gasteiger partial charge in [0.1, 0.15) is 16.0 Å². The number of hydrogen-bond acceptors (Lipinski definition) is 4. The van der Waals surface area contributed by atoms with Crippen LogP contribution in [0.2, 0.25) is 5.15 Å². The highest BCUT2D eigenvalue weighted by atomic mass is 35.5. The van der Waals surface area contributed by atoms with Gasteiger partial charge in [0.05, 0.1) is 0 Å². The summed E-state index contributed by atoms with van der Waals surface area (Å²) < 4.78 is 0. The van der Waals surface area contributed by atoms with E-state index in [1.54, 1.807) is 11.8 Å². The SMILES string of the molecule is Cc1nc(Cl)c(C)c(SCC(C)CO)n1. The predicted molar refractivity (Wildman–Crippen MR) is 63.5 cm³/mol. The second-order valence-electron chi connectivity index (χ2n) is 3.59. The van der Waals surface area contributed by atoms with Crippen LogP contribution in [-0.2, 0) is 0 Å². The first-order chi connectivity index (χ1) is 7.04. The lowest BCUT2D eigenvalue weighted by molar-refractivity contribution is 0.250. The summed E-state index contributed by atoms with van der Waals surface area (Å²) >= 11 is 7.57. The quantitative estimate of drug-likeness (QED) is 0.655. The van der Waals surface area contributed by atoms with E-state index in [0.29, 0.717) is 11.0 Å². The second kappa shape index (κ2) is 5.68. The number of rotatable bonds is 4. The molecule has 0 saturated heterocycles. The normalized spacial score (nSPS) is 12.9. The Kier molecular flexibility index (Phi) is 4.83. The summed E-state index contributed by atoms with van der Waals surface area (Å²) in [4.78, 5) is 8.40. The summed E-state index contributed by atoms with van der Waals surface area (Å²) in [6, 6.07) is 0. The molecule has 84 valence electrons. The first-order valence-corrected chi connectivity index (χ1v) is 6.15. The number of aryl methyl sites for hydroxylation is 1. The molecule has 5 heteroatoms. The third-order valence-corrected chi connectivity index (χ3v) is 3.74. The zero-order chi connectivity index (χ0) is 11.4. The molecule has 1 N–H and O–H groups in total. The smallest absolute Gasteiger partial charge is 0.136 e. The number of aliphatic hydroxyl groups is 1. The summed E-state index contributed by atoms with van der Waals surface area (Å²) in [6.45, 7) is 5.93. The lowest BCUT2D eigenvalue weighted by atomic mass is 10.2. The van der Waals surface area contributed by atoms with Crippen LogP contribution in [0.3, 0.4) is 0 Å².